The highest BCUT2D eigenvalue weighted by atomic mass is 35.5. The molecule has 0 aliphatic rings. The fourth-order valence-electron chi connectivity index (χ4n) is 1.60. The Bertz CT molecular complexity index is 380. The van der Waals surface area contributed by atoms with Gasteiger partial charge in [-0.3, -0.25) is 0 Å². The summed E-state index contributed by atoms with van der Waals surface area (Å²) in [6, 6.07) is 5.99. The van der Waals surface area contributed by atoms with E-state index in [0.717, 1.165) is 24.6 Å². The van der Waals surface area contributed by atoms with Gasteiger partial charge in [-0.2, -0.15) is 0 Å². The Hall–Kier alpha value is -1.19. The van der Waals surface area contributed by atoms with Crippen molar-refractivity contribution in [3.8, 4) is 11.5 Å². The molecule has 0 bridgehead atoms. The third-order valence-electron chi connectivity index (χ3n) is 2.47. The lowest BCUT2D eigenvalue weighted by atomic mass is 10.2. The molecule has 0 fully saturated rings. The van der Waals surface area contributed by atoms with Crippen LogP contribution in [0.3, 0.4) is 0 Å². The minimum Gasteiger partial charge on any atom is -0.493 e. The van der Waals surface area contributed by atoms with E-state index >= 15 is 0 Å². The SMILES string of the molecule is C=CCOc1ccc(CNCC(C)C)cc1OC.Cl. The third kappa shape index (κ3) is 6.50. The number of hydrogen-bond acceptors (Lipinski definition) is 3. The van der Waals surface area contributed by atoms with Crippen molar-refractivity contribution < 1.29 is 9.47 Å². The van der Waals surface area contributed by atoms with Gasteiger partial charge < -0.3 is 14.8 Å². The molecule has 19 heavy (non-hydrogen) atoms. The molecular formula is C15H24ClNO2. The highest BCUT2D eigenvalue weighted by molar-refractivity contribution is 5.85. The Morgan fingerprint density at radius 3 is 2.63 bits per heavy atom. The second kappa shape index (κ2) is 9.70. The van der Waals surface area contributed by atoms with Gasteiger partial charge >= 0.3 is 0 Å². The minimum absolute atomic E-state index is 0. The van der Waals surface area contributed by atoms with Crippen molar-refractivity contribution in [3.63, 3.8) is 0 Å². The molecule has 108 valence electrons. The number of ether oxygens (including phenoxy) is 2. The zero-order chi connectivity index (χ0) is 13.4. The molecule has 0 atom stereocenters. The van der Waals surface area contributed by atoms with E-state index < -0.39 is 0 Å². The average molecular weight is 286 g/mol. The lowest BCUT2D eigenvalue weighted by Crippen LogP contribution is -2.18. The van der Waals surface area contributed by atoms with Crippen LogP contribution >= 0.6 is 12.4 Å². The maximum absolute atomic E-state index is 5.51. The summed E-state index contributed by atoms with van der Waals surface area (Å²) in [6.07, 6.45) is 1.72. The summed E-state index contributed by atoms with van der Waals surface area (Å²) >= 11 is 0. The summed E-state index contributed by atoms with van der Waals surface area (Å²) in [5, 5.41) is 3.40. The minimum atomic E-state index is 0. The van der Waals surface area contributed by atoms with E-state index in [4.69, 9.17) is 9.47 Å². The van der Waals surface area contributed by atoms with Crippen molar-refractivity contribution in [1.29, 1.82) is 0 Å². The molecule has 1 aromatic carbocycles. The van der Waals surface area contributed by atoms with Crippen molar-refractivity contribution in [1.82, 2.24) is 5.32 Å². The Morgan fingerprint density at radius 1 is 1.32 bits per heavy atom. The van der Waals surface area contributed by atoms with Crippen molar-refractivity contribution in [2.75, 3.05) is 20.3 Å². The summed E-state index contributed by atoms with van der Waals surface area (Å²) in [4.78, 5) is 0. The van der Waals surface area contributed by atoms with Gasteiger partial charge in [0.15, 0.2) is 11.5 Å². The fraction of sp³-hybridized carbons (Fsp3) is 0.467. The van der Waals surface area contributed by atoms with Gasteiger partial charge in [-0.05, 0) is 30.2 Å². The Kier molecular flexibility index (Phi) is 9.09. The summed E-state index contributed by atoms with van der Waals surface area (Å²) in [7, 11) is 1.65. The molecule has 0 saturated heterocycles. The normalized spacial score (nSPS) is 9.89. The zero-order valence-electron chi connectivity index (χ0n) is 11.9. The lowest BCUT2D eigenvalue weighted by molar-refractivity contribution is 0.326. The van der Waals surface area contributed by atoms with E-state index in [-0.39, 0.29) is 12.4 Å². The number of benzene rings is 1. The second-order valence-corrected chi connectivity index (χ2v) is 4.61. The van der Waals surface area contributed by atoms with Gasteiger partial charge in [-0.1, -0.05) is 32.6 Å². The molecule has 3 nitrogen and oxygen atoms in total. The third-order valence-corrected chi connectivity index (χ3v) is 2.47. The van der Waals surface area contributed by atoms with Crippen molar-refractivity contribution >= 4 is 12.4 Å². The van der Waals surface area contributed by atoms with Crippen LogP contribution in [0.1, 0.15) is 19.4 Å². The summed E-state index contributed by atoms with van der Waals surface area (Å²) < 4.78 is 10.8. The second-order valence-electron chi connectivity index (χ2n) is 4.61. The topological polar surface area (TPSA) is 30.5 Å². The monoisotopic (exact) mass is 285 g/mol. The average Bonchev–Trinajstić information content (AvgIpc) is 2.36. The van der Waals surface area contributed by atoms with Crippen molar-refractivity contribution in [2.45, 2.75) is 20.4 Å². The number of rotatable bonds is 8. The molecule has 1 aromatic rings. The van der Waals surface area contributed by atoms with Crippen LogP contribution in [-0.2, 0) is 6.54 Å². The van der Waals surface area contributed by atoms with Gasteiger partial charge in [0.05, 0.1) is 7.11 Å². The zero-order valence-corrected chi connectivity index (χ0v) is 12.8. The molecule has 0 spiro atoms. The van der Waals surface area contributed by atoms with Gasteiger partial charge in [0, 0.05) is 6.54 Å². The van der Waals surface area contributed by atoms with Crippen molar-refractivity contribution in [3.05, 3.63) is 36.4 Å². The molecule has 0 saturated carbocycles. The number of hydrogen-bond donors (Lipinski definition) is 1. The highest BCUT2D eigenvalue weighted by Gasteiger charge is 2.05. The van der Waals surface area contributed by atoms with Gasteiger partial charge in [-0.25, -0.2) is 0 Å². The first-order valence-corrected chi connectivity index (χ1v) is 6.28. The lowest BCUT2D eigenvalue weighted by Gasteiger charge is -2.12. The molecular weight excluding hydrogens is 262 g/mol. The van der Waals surface area contributed by atoms with E-state index in [1.165, 1.54) is 5.56 Å². The first kappa shape index (κ1) is 17.8. The number of halogens is 1. The molecule has 1 rings (SSSR count). The van der Waals surface area contributed by atoms with E-state index in [0.29, 0.717) is 12.5 Å². The van der Waals surface area contributed by atoms with E-state index in [1.54, 1.807) is 13.2 Å². The largest absolute Gasteiger partial charge is 0.493 e. The Balaban J connectivity index is 0.00000324. The molecule has 4 heteroatoms. The van der Waals surface area contributed by atoms with Crippen molar-refractivity contribution in [2.24, 2.45) is 5.92 Å². The molecule has 0 aliphatic heterocycles. The first-order valence-electron chi connectivity index (χ1n) is 6.28. The smallest absolute Gasteiger partial charge is 0.161 e. The number of nitrogens with one attached hydrogen (secondary N) is 1. The van der Waals surface area contributed by atoms with E-state index in [9.17, 15) is 0 Å². The van der Waals surface area contributed by atoms with Crippen LogP contribution in [0.25, 0.3) is 0 Å². The molecule has 0 unspecified atom stereocenters. The van der Waals surface area contributed by atoms with Gasteiger partial charge in [-0.15, -0.1) is 12.4 Å². The van der Waals surface area contributed by atoms with Crippen LogP contribution in [0.4, 0.5) is 0 Å². The Labute approximate surface area is 122 Å². The molecule has 0 amide bonds. The predicted molar refractivity (Wildman–Crippen MR) is 82.5 cm³/mol. The fourth-order valence-corrected chi connectivity index (χ4v) is 1.60. The highest BCUT2D eigenvalue weighted by Crippen LogP contribution is 2.28. The Morgan fingerprint density at radius 2 is 2.05 bits per heavy atom. The van der Waals surface area contributed by atoms with E-state index in [1.807, 2.05) is 18.2 Å². The summed E-state index contributed by atoms with van der Waals surface area (Å²) in [6.45, 7) is 10.4. The van der Waals surface area contributed by atoms with Crippen LogP contribution < -0.4 is 14.8 Å². The van der Waals surface area contributed by atoms with Crippen LogP contribution in [0.2, 0.25) is 0 Å². The molecule has 0 aliphatic carbocycles. The molecule has 0 heterocycles. The van der Waals surface area contributed by atoms with E-state index in [2.05, 4.69) is 25.7 Å². The maximum atomic E-state index is 5.51. The number of methoxy groups -OCH3 is 1. The first-order chi connectivity index (χ1) is 8.67. The van der Waals surface area contributed by atoms with Crippen LogP contribution in [0.15, 0.2) is 30.9 Å². The van der Waals surface area contributed by atoms with Gasteiger partial charge in [0.1, 0.15) is 6.61 Å². The standard InChI is InChI=1S/C15H23NO2.ClH/c1-5-8-18-14-7-6-13(9-15(14)17-4)11-16-10-12(2)3;/h5-7,9,12,16H,1,8,10-11H2,2-4H3;1H. The predicted octanol–water partition coefficient (Wildman–Crippen LogP) is 3.43. The molecule has 0 radical (unpaired) electrons. The van der Waals surface area contributed by atoms with Gasteiger partial charge in [0.25, 0.3) is 0 Å². The quantitative estimate of drug-likeness (QED) is 0.743. The molecule has 1 N–H and O–H groups in total. The molecule has 0 aromatic heterocycles. The summed E-state index contributed by atoms with van der Waals surface area (Å²) in [5.41, 5.74) is 1.19. The maximum Gasteiger partial charge on any atom is 0.161 e. The van der Waals surface area contributed by atoms with Crippen LogP contribution in [-0.4, -0.2) is 20.3 Å². The van der Waals surface area contributed by atoms with Crippen LogP contribution in [0, 0.1) is 5.92 Å². The summed E-state index contributed by atoms with van der Waals surface area (Å²) in [5.74, 6) is 2.17. The van der Waals surface area contributed by atoms with Gasteiger partial charge in [0.2, 0.25) is 0 Å². The van der Waals surface area contributed by atoms with Crippen LogP contribution in [0.5, 0.6) is 11.5 Å².